The Labute approximate surface area is 123 Å². The summed E-state index contributed by atoms with van der Waals surface area (Å²) in [5.74, 6) is 0.546. The van der Waals surface area contributed by atoms with Gasteiger partial charge in [-0.25, -0.2) is 0 Å². The number of aromatic nitrogens is 2. The fraction of sp³-hybridized carbons (Fsp3) is 0.812. The summed E-state index contributed by atoms with van der Waals surface area (Å²) in [5, 5.41) is 4.53. The van der Waals surface area contributed by atoms with Crippen LogP contribution in [0.15, 0.2) is 12.4 Å². The van der Waals surface area contributed by atoms with Crippen molar-refractivity contribution in [1.29, 1.82) is 0 Å². The molecule has 0 spiro atoms. The SMILES string of the molecule is CC(C)N1CCCCC(CN)C1c1cnn(C(C)C)c1. The molecule has 2 unspecified atom stereocenters. The van der Waals surface area contributed by atoms with Gasteiger partial charge in [0.1, 0.15) is 0 Å². The molecule has 2 N–H and O–H groups in total. The van der Waals surface area contributed by atoms with Gasteiger partial charge in [0.2, 0.25) is 0 Å². The van der Waals surface area contributed by atoms with Gasteiger partial charge in [0.15, 0.2) is 0 Å². The van der Waals surface area contributed by atoms with Crippen molar-refractivity contribution in [3.8, 4) is 0 Å². The van der Waals surface area contributed by atoms with Crippen LogP contribution in [0, 0.1) is 5.92 Å². The Morgan fingerprint density at radius 3 is 2.55 bits per heavy atom. The van der Waals surface area contributed by atoms with Crippen LogP contribution in [0.5, 0.6) is 0 Å². The zero-order chi connectivity index (χ0) is 14.7. The molecule has 2 rings (SSSR count). The highest BCUT2D eigenvalue weighted by atomic mass is 15.3. The molecule has 0 radical (unpaired) electrons. The van der Waals surface area contributed by atoms with E-state index in [2.05, 4.69) is 48.6 Å². The van der Waals surface area contributed by atoms with Crippen molar-refractivity contribution in [1.82, 2.24) is 14.7 Å². The maximum Gasteiger partial charge on any atom is 0.0537 e. The smallest absolute Gasteiger partial charge is 0.0537 e. The number of rotatable bonds is 4. The summed E-state index contributed by atoms with van der Waals surface area (Å²) < 4.78 is 2.06. The summed E-state index contributed by atoms with van der Waals surface area (Å²) in [4.78, 5) is 2.62. The minimum atomic E-state index is 0.415. The van der Waals surface area contributed by atoms with Crippen molar-refractivity contribution in [3.05, 3.63) is 18.0 Å². The predicted molar refractivity (Wildman–Crippen MR) is 83.6 cm³/mol. The van der Waals surface area contributed by atoms with Gasteiger partial charge in [-0.3, -0.25) is 9.58 Å². The number of nitrogens with two attached hydrogens (primary N) is 1. The Kier molecular flexibility index (Phi) is 5.22. The van der Waals surface area contributed by atoms with Crippen molar-refractivity contribution in [2.75, 3.05) is 13.1 Å². The molecule has 1 aromatic rings. The molecule has 0 aliphatic carbocycles. The van der Waals surface area contributed by atoms with Crippen LogP contribution in [0.25, 0.3) is 0 Å². The minimum Gasteiger partial charge on any atom is -0.330 e. The van der Waals surface area contributed by atoms with Gasteiger partial charge in [0.05, 0.1) is 6.20 Å². The second-order valence-electron chi connectivity index (χ2n) is 6.62. The van der Waals surface area contributed by atoms with Crippen LogP contribution in [0.4, 0.5) is 0 Å². The van der Waals surface area contributed by atoms with Crippen LogP contribution in [-0.2, 0) is 0 Å². The molecule has 0 bridgehead atoms. The second-order valence-corrected chi connectivity index (χ2v) is 6.62. The normalized spacial score (nSPS) is 25.4. The molecule has 20 heavy (non-hydrogen) atoms. The summed E-state index contributed by atoms with van der Waals surface area (Å²) in [7, 11) is 0. The lowest BCUT2D eigenvalue weighted by molar-refractivity contribution is 0.121. The Balaban J connectivity index is 2.32. The molecule has 1 aliphatic heterocycles. The Morgan fingerprint density at radius 1 is 1.25 bits per heavy atom. The summed E-state index contributed by atoms with van der Waals surface area (Å²) in [5.41, 5.74) is 7.41. The van der Waals surface area contributed by atoms with E-state index in [1.807, 2.05) is 6.20 Å². The van der Waals surface area contributed by atoms with Crippen molar-refractivity contribution >= 4 is 0 Å². The van der Waals surface area contributed by atoms with Gasteiger partial charge in [0, 0.05) is 29.9 Å². The first-order chi connectivity index (χ1) is 9.54. The highest BCUT2D eigenvalue weighted by Gasteiger charge is 2.32. The molecule has 0 amide bonds. The van der Waals surface area contributed by atoms with E-state index >= 15 is 0 Å². The molecular formula is C16H30N4. The van der Waals surface area contributed by atoms with E-state index in [-0.39, 0.29) is 0 Å². The van der Waals surface area contributed by atoms with E-state index in [9.17, 15) is 0 Å². The van der Waals surface area contributed by atoms with Gasteiger partial charge < -0.3 is 5.73 Å². The largest absolute Gasteiger partial charge is 0.330 e. The number of hydrogen-bond acceptors (Lipinski definition) is 3. The monoisotopic (exact) mass is 278 g/mol. The summed E-state index contributed by atoms with van der Waals surface area (Å²) in [6.45, 7) is 10.9. The summed E-state index contributed by atoms with van der Waals surface area (Å²) >= 11 is 0. The van der Waals surface area contributed by atoms with Crippen LogP contribution in [0.2, 0.25) is 0 Å². The van der Waals surface area contributed by atoms with Crippen molar-refractivity contribution in [2.45, 2.75) is 65.1 Å². The van der Waals surface area contributed by atoms with Crippen molar-refractivity contribution in [2.24, 2.45) is 11.7 Å². The third-order valence-corrected chi connectivity index (χ3v) is 4.50. The Hall–Kier alpha value is -0.870. The summed E-state index contributed by atoms with van der Waals surface area (Å²) in [6.07, 6.45) is 8.08. The maximum absolute atomic E-state index is 6.08. The van der Waals surface area contributed by atoms with E-state index < -0.39 is 0 Å². The lowest BCUT2D eigenvalue weighted by Gasteiger charge is -2.37. The third-order valence-electron chi connectivity index (χ3n) is 4.50. The number of hydrogen-bond donors (Lipinski definition) is 1. The van der Waals surface area contributed by atoms with Crippen LogP contribution in [-0.4, -0.2) is 33.8 Å². The molecule has 4 nitrogen and oxygen atoms in total. The average molecular weight is 278 g/mol. The lowest BCUT2D eigenvalue weighted by Crippen LogP contribution is -2.39. The second kappa shape index (κ2) is 6.72. The molecule has 0 saturated carbocycles. The fourth-order valence-electron chi connectivity index (χ4n) is 3.35. The summed E-state index contributed by atoms with van der Waals surface area (Å²) in [6, 6.07) is 1.39. The Morgan fingerprint density at radius 2 is 2.00 bits per heavy atom. The lowest BCUT2D eigenvalue weighted by atomic mass is 9.90. The molecule has 1 aromatic heterocycles. The van der Waals surface area contributed by atoms with Gasteiger partial charge in [-0.1, -0.05) is 6.42 Å². The van der Waals surface area contributed by atoms with E-state index in [0.29, 0.717) is 24.0 Å². The van der Waals surface area contributed by atoms with Gasteiger partial charge >= 0.3 is 0 Å². The molecule has 2 atom stereocenters. The minimum absolute atomic E-state index is 0.415. The number of likely N-dealkylation sites (tertiary alicyclic amines) is 1. The number of nitrogens with zero attached hydrogens (tertiary/aromatic N) is 3. The first-order valence-electron chi connectivity index (χ1n) is 8.04. The highest BCUT2D eigenvalue weighted by molar-refractivity contribution is 5.14. The van der Waals surface area contributed by atoms with E-state index in [1.54, 1.807) is 0 Å². The standard InChI is InChI=1S/C16H30N4/c1-12(2)19-8-6-5-7-14(9-17)16(19)15-10-18-20(11-15)13(3)4/h10-14,16H,5-9,17H2,1-4H3. The molecule has 1 fully saturated rings. The maximum atomic E-state index is 6.08. The van der Waals surface area contributed by atoms with Gasteiger partial charge in [-0.2, -0.15) is 5.10 Å². The molecular weight excluding hydrogens is 248 g/mol. The van der Waals surface area contributed by atoms with Gasteiger partial charge in [0.25, 0.3) is 0 Å². The molecule has 114 valence electrons. The van der Waals surface area contributed by atoms with Crippen LogP contribution in [0.3, 0.4) is 0 Å². The van der Waals surface area contributed by atoms with Crippen molar-refractivity contribution < 1.29 is 0 Å². The zero-order valence-electron chi connectivity index (χ0n) is 13.4. The molecule has 2 heterocycles. The fourth-order valence-corrected chi connectivity index (χ4v) is 3.35. The third kappa shape index (κ3) is 3.23. The zero-order valence-corrected chi connectivity index (χ0v) is 13.4. The van der Waals surface area contributed by atoms with Crippen LogP contribution >= 0.6 is 0 Å². The van der Waals surface area contributed by atoms with Crippen molar-refractivity contribution in [3.63, 3.8) is 0 Å². The quantitative estimate of drug-likeness (QED) is 0.921. The molecule has 1 saturated heterocycles. The van der Waals surface area contributed by atoms with E-state index in [1.165, 1.54) is 31.4 Å². The predicted octanol–water partition coefficient (Wildman–Crippen LogP) is 2.97. The van der Waals surface area contributed by atoms with E-state index in [0.717, 1.165) is 6.54 Å². The van der Waals surface area contributed by atoms with Gasteiger partial charge in [-0.05, 0) is 59.5 Å². The molecule has 4 heteroatoms. The topological polar surface area (TPSA) is 47.1 Å². The average Bonchev–Trinajstić information content (AvgIpc) is 2.78. The van der Waals surface area contributed by atoms with Crippen LogP contribution in [0.1, 0.15) is 64.6 Å². The van der Waals surface area contributed by atoms with Gasteiger partial charge in [-0.15, -0.1) is 0 Å². The Bertz CT molecular complexity index is 410. The highest BCUT2D eigenvalue weighted by Crippen LogP contribution is 2.36. The van der Waals surface area contributed by atoms with Crippen LogP contribution < -0.4 is 5.73 Å². The first kappa shape index (κ1) is 15.5. The molecule has 1 aliphatic rings. The molecule has 0 aromatic carbocycles. The first-order valence-corrected chi connectivity index (χ1v) is 8.04. The van der Waals surface area contributed by atoms with E-state index in [4.69, 9.17) is 5.73 Å².